The van der Waals surface area contributed by atoms with E-state index >= 15 is 0 Å². The summed E-state index contributed by atoms with van der Waals surface area (Å²) < 4.78 is 5.60. The fourth-order valence-electron chi connectivity index (χ4n) is 1.98. The predicted octanol–water partition coefficient (Wildman–Crippen LogP) is 2.38. The van der Waals surface area contributed by atoms with Crippen LogP contribution < -0.4 is 11.1 Å². The first-order valence-corrected chi connectivity index (χ1v) is 7.40. The van der Waals surface area contributed by atoms with Crippen LogP contribution in [0.2, 0.25) is 0 Å². The largest absolute Gasteiger partial charge is 0.376 e. The Hall–Kier alpha value is -0.340. The van der Waals surface area contributed by atoms with Crippen molar-refractivity contribution in [3.8, 4) is 0 Å². The molecule has 2 rings (SSSR count). The number of ether oxygens (including phenoxy) is 1. The SMILES string of the molecule is I.NC(=NCC1CCCCO1)NCCc1cccs1. The molecule has 1 aliphatic heterocycles. The van der Waals surface area contributed by atoms with Crippen molar-refractivity contribution in [2.24, 2.45) is 10.7 Å². The molecule has 1 fully saturated rings. The fourth-order valence-corrected chi connectivity index (χ4v) is 2.69. The molecule has 0 bridgehead atoms. The van der Waals surface area contributed by atoms with Crippen LogP contribution in [-0.2, 0) is 11.2 Å². The Morgan fingerprint density at radius 3 is 3.11 bits per heavy atom. The molecule has 1 atom stereocenters. The lowest BCUT2D eigenvalue weighted by Gasteiger charge is -2.20. The van der Waals surface area contributed by atoms with Gasteiger partial charge in [-0.3, -0.25) is 4.99 Å². The number of nitrogens with zero attached hydrogens (tertiary/aromatic N) is 1. The first-order chi connectivity index (χ1) is 8.84. The molecule has 2 heterocycles. The zero-order chi connectivity index (χ0) is 12.6. The van der Waals surface area contributed by atoms with Gasteiger partial charge >= 0.3 is 0 Å². The van der Waals surface area contributed by atoms with E-state index in [1.54, 1.807) is 11.3 Å². The molecule has 1 saturated heterocycles. The maximum absolute atomic E-state index is 5.82. The molecule has 1 aromatic rings. The van der Waals surface area contributed by atoms with Gasteiger partial charge in [-0.15, -0.1) is 35.3 Å². The number of thiophene rings is 1. The summed E-state index contributed by atoms with van der Waals surface area (Å²) in [4.78, 5) is 5.69. The normalized spacial score (nSPS) is 19.8. The number of hydrogen-bond donors (Lipinski definition) is 2. The van der Waals surface area contributed by atoms with Crippen LogP contribution in [0, 0.1) is 0 Å². The van der Waals surface area contributed by atoms with Crippen molar-refractivity contribution < 1.29 is 4.74 Å². The lowest BCUT2D eigenvalue weighted by Crippen LogP contribution is -2.34. The van der Waals surface area contributed by atoms with E-state index in [9.17, 15) is 0 Å². The second-order valence-electron chi connectivity index (χ2n) is 4.47. The second kappa shape index (κ2) is 9.55. The van der Waals surface area contributed by atoms with Crippen molar-refractivity contribution in [2.75, 3.05) is 19.7 Å². The number of nitrogens with one attached hydrogen (secondary N) is 1. The van der Waals surface area contributed by atoms with Gasteiger partial charge in [-0.05, 0) is 37.1 Å². The average molecular weight is 395 g/mol. The number of halogens is 1. The molecular weight excluding hydrogens is 373 g/mol. The Bertz CT molecular complexity index is 364. The van der Waals surface area contributed by atoms with Gasteiger partial charge in [-0.25, -0.2) is 0 Å². The lowest BCUT2D eigenvalue weighted by molar-refractivity contribution is 0.0224. The predicted molar refractivity (Wildman–Crippen MR) is 91.5 cm³/mol. The third-order valence-electron chi connectivity index (χ3n) is 3.00. The number of hydrogen-bond acceptors (Lipinski definition) is 3. The molecule has 0 saturated carbocycles. The van der Waals surface area contributed by atoms with Crippen LogP contribution in [0.1, 0.15) is 24.1 Å². The van der Waals surface area contributed by atoms with E-state index in [-0.39, 0.29) is 30.1 Å². The summed E-state index contributed by atoms with van der Waals surface area (Å²) in [5, 5.41) is 5.23. The van der Waals surface area contributed by atoms with Crippen molar-refractivity contribution in [1.82, 2.24) is 5.32 Å². The van der Waals surface area contributed by atoms with Crippen LogP contribution in [0.4, 0.5) is 0 Å². The number of rotatable bonds is 5. The summed E-state index contributed by atoms with van der Waals surface area (Å²) in [5.41, 5.74) is 5.82. The van der Waals surface area contributed by atoms with Gasteiger partial charge < -0.3 is 15.8 Å². The van der Waals surface area contributed by atoms with Crippen LogP contribution >= 0.6 is 35.3 Å². The van der Waals surface area contributed by atoms with Crippen molar-refractivity contribution >= 4 is 41.3 Å². The Kier molecular flexibility index (Phi) is 8.40. The molecule has 3 N–H and O–H groups in total. The minimum atomic E-state index is 0. The van der Waals surface area contributed by atoms with E-state index in [2.05, 4.69) is 27.8 Å². The molecule has 1 aromatic heterocycles. The molecule has 6 heteroatoms. The van der Waals surface area contributed by atoms with Gasteiger partial charge in [-0.1, -0.05) is 6.07 Å². The van der Waals surface area contributed by atoms with E-state index in [1.165, 1.54) is 17.7 Å². The van der Waals surface area contributed by atoms with Crippen LogP contribution in [0.3, 0.4) is 0 Å². The number of guanidine groups is 1. The van der Waals surface area contributed by atoms with Crippen molar-refractivity contribution in [2.45, 2.75) is 31.8 Å². The summed E-state index contributed by atoms with van der Waals surface area (Å²) >= 11 is 1.77. The number of nitrogens with two attached hydrogens (primary N) is 1. The molecule has 0 radical (unpaired) electrons. The molecule has 4 nitrogen and oxygen atoms in total. The monoisotopic (exact) mass is 395 g/mol. The van der Waals surface area contributed by atoms with Gasteiger partial charge in [0.15, 0.2) is 5.96 Å². The van der Waals surface area contributed by atoms with Gasteiger partial charge in [0.2, 0.25) is 0 Å². The molecule has 0 amide bonds. The standard InChI is InChI=1S/C13H21N3OS.HI/c14-13(15-7-6-12-5-3-9-18-12)16-10-11-4-1-2-8-17-11;/h3,5,9,11H,1-2,4,6-8,10H2,(H3,14,15,16);1H. The summed E-state index contributed by atoms with van der Waals surface area (Å²) in [7, 11) is 0. The summed E-state index contributed by atoms with van der Waals surface area (Å²) in [6.07, 6.45) is 4.77. The minimum Gasteiger partial charge on any atom is -0.376 e. The fraction of sp³-hybridized carbons (Fsp3) is 0.615. The maximum atomic E-state index is 5.82. The average Bonchev–Trinajstić information content (AvgIpc) is 2.91. The van der Waals surface area contributed by atoms with Crippen molar-refractivity contribution in [3.63, 3.8) is 0 Å². The highest BCUT2D eigenvalue weighted by molar-refractivity contribution is 14.0. The zero-order valence-corrected chi connectivity index (χ0v) is 14.2. The zero-order valence-electron chi connectivity index (χ0n) is 11.0. The Morgan fingerprint density at radius 1 is 1.53 bits per heavy atom. The van der Waals surface area contributed by atoms with Crippen molar-refractivity contribution in [1.29, 1.82) is 0 Å². The maximum Gasteiger partial charge on any atom is 0.188 e. The quantitative estimate of drug-likeness (QED) is 0.457. The van der Waals surface area contributed by atoms with Crippen molar-refractivity contribution in [3.05, 3.63) is 22.4 Å². The third-order valence-corrected chi connectivity index (χ3v) is 3.93. The van der Waals surface area contributed by atoms with E-state index in [0.29, 0.717) is 12.5 Å². The van der Waals surface area contributed by atoms with Gasteiger partial charge in [0.05, 0.1) is 12.6 Å². The summed E-state index contributed by atoms with van der Waals surface area (Å²) in [5.74, 6) is 0.528. The van der Waals surface area contributed by atoms with Gasteiger partial charge in [0.1, 0.15) is 0 Å². The Morgan fingerprint density at radius 2 is 2.42 bits per heavy atom. The third kappa shape index (κ3) is 6.58. The van der Waals surface area contributed by atoms with Crippen LogP contribution in [-0.4, -0.2) is 31.8 Å². The molecule has 0 aliphatic carbocycles. The van der Waals surface area contributed by atoms with Gasteiger partial charge in [0.25, 0.3) is 0 Å². The van der Waals surface area contributed by atoms with E-state index in [0.717, 1.165) is 26.0 Å². The van der Waals surface area contributed by atoms with Crippen LogP contribution in [0.25, 0.3) is 0 Å². The number of aliphatic imine (C=N–C) groups is 1. The van der Waals surface area contributed by atoms with Gasteiger partial charge in [0, 0.05) is 18.0 Å². The molecular formula is C13H22IN3OS. The van der Waals surface area contributed by atoms with Gasteiger partial charge in [-0.2, -0.15) is 0 Å². The molecule has 108 valence electrons. The molecule has 0 spiro atoms. The Balaban J connectivity index is 0.00000180. The molecule has 19 heavy (non-hydrogen) atoms. The van der Waals surface area contributed by atoms with E-state index < -0.39 is 0 Å². The lowest BCUT2D eigenvalue weighted by atomic mass is 10.1. The van der Waals surface area contributed by atoms with Crippen LogP contribution in [0.15, 0.2) is 22.5 Å². The first kappa shape index (κ1) is 16.7. The highest BCUT2D eigenvalue weighted by Gasteiger charge is 2.12. The second-order valence-corrected chi connectivity index (χ2v) is 5.50. The smallest absolute Gasteiger partial charge is 0.188 e. The molecule has 1 unspecified atom stereocenters. The summed E-state index contributed by atoms with van der Waals surface area (Å²) in [6, 6.07) is 4.20. The van der Waals surface area contributed by atoms with Crippen LogP contribution in [0.5, 0.6) is 0 Å². The topological polar surface area (TPSA) is 59.6 Å². The minimum absolute atomic E-state index is 0. The highest BCUT2D eigenvalue weighted by Crippen LogP contribution is 2.12. The highest BCUT2D eigenvalue weighted by atomic mass is 127. The molecule has 1 aliphatic rings. The van der Waals surface area contributed by atoms with E-state index in [1.807, 2.05) is 0 Å². The first-order valence-electron chi connectivity index (χ1n) is 6.52. The molecule has 0 aromatic carbocycles. The summed E-state index contributed by atoms with van der Waals surface area (Å²) in [6.45, 7) is 2.38. The van der Waals surface area contributed by atoms with E-state index in [4.69, 9.17) is 10.5 Å². The Labute approximate surface area is 135 Å².